The minimum absolute atomic E-state index is 0.179. The average molecular weight is 273 g/mol. The number of fused-ring (bicyclic) bond motifs is 1. The molecule has 1 aromatic carbocycles. The molecule has 2 heterocycles. The van der Waals surface area contributed by atoms with Gasteiger partial charge in [-0.05, 0) is 30.9 Å². The van der Waals surface area contributed by atoms with Gasteiger partial charge in [-0.25, -0.2) is 0 Å². The standard InChI is InChI=1S/C16H19NO3/c18-15(20-16-7-3-4-10-19-16)9-8-12-11-17-14-6-2-1-5-13(12)14/h1-2,5-6,11,16-17H,3-4,7-10H2/t16-/m0/s1. The van der Waals surface area contributed by atoms with Crippen LogP contribution in [0.15, 0.2) is 30.5 Å². The lowest BCUT2D eigenvalue weighted by Crippen LogP contribution is -2.25. The molecular weight excluding hydrogens is 254 g/mol. The number of carbonyl (C=O) groups is 1. The molecule has 1 fully saturated rings. The van der Waals surface area contributed by atoms with Gasteiger partial charge in [-0.2, -0.15) is 0 Å². The van der Waals surface area contributed by atoms with Gasteiger partial charge in [-0.3, -0.25) is 4.79 Å². The van der Waals surface area contributed by atoms with Crippen molar-refractivity contribution in [3.05, 3.63) is 36.0 Å². The fourth-order valence-electron chi connectivity index (χ4n) is 2.58. The molecule has 1 aromatic heterocycles. The second kappa shape index (κ2) is 6.09. The molecule has 2 aromatic rings. The van der Waals surface area contributed by atoms with Crippen molar-refractivity contribution in [2.75, 3.05) is 6.61 Å². The van der Waals surface area contributed by atoms with Crippen molar-refractivity contribution >= 4 is 16.9 Å². The molecule has 0 aliphatic carbocycles. The fourth-order valence-corrected chi connectivity index (χ4v) is 2.58. The van der Waals surface area contributed by atoms with E-state index >= 15 is 0 Å². The summed E-state index contributed by atoms with van der Waals surface area (Å²) in [6.45, 7) is 0.695. The first-order valence-corrected chi connectivity index (χ1v) is 7.19. The normalized spacial score (nSPS) is 19.1. The number of hydrogen-bond acceptors (Lipinski definition) is 3. The van der Waals surface area contributed by atoms with Gasteiger partial charge in [0.05, 0.1) is 6.61 Å². The summed E-state index contributed by atoms with van der Waals surface area (Å²) >= 11 is 0. The van der Waals surface area contributed by atoms with Gasteiger partial charge < -0.3 is 14.5 Å². The molecule has 106 valence electrons. The van der Waals surface area contributed by atoms with Gasteiger partial charge in [0.1, 0.15) is 0 Å². The zero-order valence-electron chi connectivity index (χ0n) is 11.4. The maximum Gasteiger partial charge on any atom is 0.308 e. The van der Waals surface area contributed by atoms with E-state index in [1.165, 1.54) is 5.39 Å². The van der Waals surface area contributed by atoms with Crippen molar-refractivity contribution in [1.82, 2.24) is 4.98 Å². The molecular formula is C16H19NO3. The molecule has 0 bridgehead atoms. The van der Waals surface area contributed by atoms with Crippen molar-refractivity contribution < 1.29 is 14.3 Å². The third-order valence-electron chi connectivity index (χ3n) is 3.67. The van der Waals surface area contributed by atoms with Crippen LogP contribution in [0.5, 0.6) is 0 Å². The Morgan fingerprint density at radius 1 is 1.35 bits per heavy atom. The molecule has 4 nitrogen and oxygen atoms in total. The van der Waals surface area contributed by atoms with Crippen LogP contribution < -0.4 is 0 Å². The molecule has 0 amide bonds. The number of esters is 1. The number of H-pyrrole nitrogens is 1. The zero-order valence-corrected chi connectivity index (χ0v) is 11.4. The summed E-state index contributed by atoms with van der Waals surface area (Å²) < 4.78 is 10.7. The highest BCUT2D eigenvalue weighted by atomic mass is 16.7. The Kier molecular flexibility index (Phi) is 4.02. The molecule has 3 rings (SSSR count). The number of para-hydroxylation sites is 1. The van der Waals surface area contributed by atoms with Crippen LogP contribution in [0.4, 0.5) is 0 Å². The van der Waals surface area contributed by atoms with Crippen LogP contribution in [-0.4, -0.2) is 23.9 Å². The third-order valence-corrected chi connectivity index (χ3v) is 3.67. The summed E-state index contributed by atoms with van der Waals surface area (Å²) in [7, 11) is 0. The maximum absolute atomic E-state index is 11.8. The van der Waals surface area contributed by atoms with E-state index in [4.69, 9.17) is 9.47 Å². The largest absolute Gasteiger partial charge is 0.436 e. The molecule has 4 heteroatoms. The van der Waals surface area contributed by atoms with E-state index in [1.54, 1.807) is 0 Å². The Balaban J connectivity index is 1.54. The minimum atomic E-state index is -0.334. The zero-order chi connectivity index (χ0) is 13.8. The van der Waals surface area contributed by atoms with Crippen molar-refractivity contribution in [1.29, 1.82) is 0 Å². The lowest BCUT2D eigenvalue weighted by atomic mass is 10.1. The van der Waals surface area contributed by atoms with Crippen LogP contribution in [-0.2, 0) is 20.7 Å². The molecule has 1 aliphatic heterocycles. The average Bonchev–Trinajstić information content (AvgIpc) is 2.89. The van der Waals surface area contributed by atoms with Crippen LogP contribution in [0.1, 0.15) is 31.2 Å². The predicted molar refractivity (Wildman–Crippen MR) is 76.3 cm³/mol. The summed E-state index contributed by atoms with van der Waals surface area (Å²) in [4.78, 5) is 15.0. The molecule has 1 aliphatic rings. The second-order valence-corrected chi connectivity index (χ2v) is 5.15. The molecule has 0 unspecified atom stereocenters. The lowest BCUT2D eigenvalue weighted by Gasteiger charge is -2.22. The highest BCUT2D eigenvalue weighted by Crippen LogP contribution is 2.20. The fraction of sp³-hybridized carbons (Fsp3) is 0.438. The number of benzene rings is 1. The minimum Gasteiger partial charge on any atom is -0.436 e. The summed E-state index contributed by atoms with van der Waals surface area (Å²) in [5, 5.41) is 1.18. The number of nitrogens with one attached hydrogen (secondary N) is 1. The Hall–Kier alpha value is -1.81. The number of hydrogen-bond donors (Lipinski definition) is 1. The van der Waals surface area contributed by atoms with Crippen LogP contribution >= 0.6 is 0 Å². The molecule has 1 atom stereocenters. The van der Waals surface area contributed by atoms with E-state index < -0.39 is 0 Å². The van der Waals surface area contributed by atoms with Gasteiger partial charge >= 0.3 is 5.97 Å². The molecule has 20 heavy (non-hydrogen) atoms. The first-order valence-electron chi connectivity index (χ1n) is 7.19. The van der Waals surface area contributed by atoms with Crippen molar-refractivity contribution in [3.8, 4) is 0 Å². The van der Waals surface area contributed by atoms with Crippen molar-refractivity contribution in [3.63, 3.8) is 0 Å². The number of aromatic amines is 1. The Bertz CT molecular complexity index is 584. The van der Waals surface area contributed by atoms with Crippen molar-refractivity contribution in [2.24, 2.45) is 0 Å². The van der Waals surface area contributed by atoms with Crippen LogP contribution in [0.2, 0.25) is 0 Å². The first kappa shape index (κ1) is 13.2. The Morgan fingerprint density at radius 2 is 2.25 bits per heavy atom. The second-order valence-electron chi connectivity index (χ2n) is 5.15. The molecule has 0 radical (unpaired) electrons. The molecule has 0 saturated carbocycles. The van der Waals surface area contributed by atoms with Gasteiger partial charge in [0, 0.05) is 29.9 Å². The van der Waals surface area contributed by atoms with Gasteiger partial charge in [0.2, 0.25) is 6.29 Å². The quantitative estimate of drug-likeness (QED) is 0.870. The predicted octanol–water partition coefficient (Wildman–Crippen LogP) is 3.17. The number of aryl methyl sites for hydroxylation is 1. The van der Waals surface area contributed by atoms with E-state index in [0.717, 1.165) is 30.3 Å². The summed E-state index contributed by atoms with van der Waals surface area (Å²) in [6, 6.07) is 8.11. The smallest absolute Gasteiger partial charge is 0.308 e. The van der Waals surface area contributed by atoms with Gasteiger partial charge in [0.15, 0.2) is 0 Å². The molecule has 1 saturated heterocycles. The third kappa shape index (κ3) is 3.02. The Labute approximate surface area is 118 Å². The number of carbonyl (C=O) groups excluding carboxylic acids is 1. The summed E-state index contributed by atoms with van der Waals surface area (Å²) in [5.74, 6) is -0.179. The monoisotopic (exact) mass is 273 g/mol. The van der Waals surface area contributed by atoms with Gasteiger partial charge in [-0.15, -0.1) is 0 Å². The van der Waals surface area contributed by atoms with Crippen molar-refractivity contribution in [2.45, 2.75) is 38.4 Å². The van der Waals surface area contributed by atoms with Gasteiger partial charge in [-0.1, -0.05) is 18.2 Å². The SMILES string of the molecule is O=C(CCc1c[nH]c2ccccc12)O[C@H]1CCCCO1. The topological polar surface area (TPSA) is 51.3 Å². The number of ether oxygens (including phenoxy) is 2. The first-order chi connectivity index (χ1) is 9.83. The lowest BCUT2D eigenvalue weighted by molar-refractivity contribution is -0.186. The van der Waals surface area contributed by atoms with E-state index in [-0.39, 0.29) is 12.3 Å². The van der Waals surface area contributed by atoms with Gasteiger partial charge in [0.25, 0.3) is 0 Å². The molecule has 0 spiro atoms. The van der Waals surface area contributed by atoms with E-state index in [9.17, 15) is 4.79 Å². The van der Waals surface area contributed by atoms with Crippen LogP contribution in [0, 0.1) is 0 Å². The highest BCUT2D eigenvalue weighted by Gasteiger charge is 2.18. The number of aromatic nitrogens is 1. The summed E-state index contributed by atoms with van der Waals surface area (Å²) in [5.41, 5.74) is 2.26. The Morgan fingerprint density at radius 3 is 3.10 bits per heavy atom. The number of rotatable bonds is 4. The van der Waals surface area contributed by atoms with Crippen LogP contribution in [0.3, 0.4) is 0 Å². The summed E-state index contributed by atoms with van der Waals surface area (Å²) in [6.07, 6.45) is 5.66. The molecule has 1 N–H and O–H groups in total. The van der Waals surface area contributed by atoms with E-state index in [2.05, 4.69) is 11.1 Å². The van der Waals surface area contributed by atoms with Crippen LogP contribution in [0.25, 0.3) is 10.9 Å². The highest BCUT2D eigenvalue weighted by molar-refractivity contribution is 5.83. The van der Waals surface area contributed by atoms with E-state index in [1.807, 2.05) is 24.4 Å². The maximum atomic E-state index is 11.8. The van der Waals surface area contributed by atoms with E-state index in [0.29, 0.717) is 19.4 Å².